The number of nitrogens with zero attached hydrogens (tertiary/aromatic N) is 4. The highest BCUT2D eigenvalue weighted by molar-refractivity contribution is 5.86. The van der Waals surface area contributed by atoms with Crippen molar-refractivity contribution >= 4 is 17.2 Å². The molecule has 1 saturated heterocycles. The van der Waals surface area contributed by atoms with Crippen LogP contribution in [0.4, 0.5) is 5.69 Å². The molecule has 3 heterocycles. The van der Waals surface area contributed by atoms with Crippen molar-refractivity contribution in [3.8, 4) is 11.3 Å². The Balaban J connectivity index is 1.73. The first-order chi connectivity index (χ1) is 11.8. The molecule has 0 aliphatic carbocycles. The van der Waals surface area contributed by atoms with Gasteiger partial charge in [-0.25, -0.2) is 0 Å². The maximum atomic E-state index is 12.2. The number of amides is 1. The molecule has 0 radical (unpaired) electrons. The van der Waals surface area contributed by atoms with Gasteiger partial charge in [0.05, 0.1) is 11.4 Å². The molecule has 7 nitrogen and oxygen atoms in total. The van der Waals surface area contributed by atoms with Gasteiger partial charge in [-0.3, -0.25) is 4.79 Å². The average molecular weight is 322 g/mol. The van der Waals surface area contributed by atoms with Crippen molar-refractivity contribution < 1.29 is 4.79 Å². The Morgan fingerprint density at radius 3 is 2.96 bits per heavy atom. The molecule has 0 bridgehead atoms. The number of carbonyl (C=O) groups is 1. The minimum atomic E-state index is -0.265. The summed E-state index contributed by atoms with van der Waals surface area (Å²) < 4.78 is 1.64. The number of fused-ring (bicyclic) bond motifs is 1. The zero-order chi connectivity index (χ0) is 16.4. The van der Waals surface area contributed by atoms with Crippen molar-refractivity contribution in [1.29, 1.82) is 0 Å². The number of hydrogen-bond acceptors (Lipinski definition) is 5. The summed E-state index contributed by atoms with van der Waals surface area (Å²) in [6.07, 6.45) is 4.39. The number of aromatic nitrogens is 4. The van der Waals surface area contributed by atoms with Crippen molar-refractivity contribution in [3.05, 3.63) is 42.7 Å². The minimum absolute atomic E-state index is 0.0308. The van der Waals surface area contributed by atoms with Crippen LogP contribution in [-0.4, -0.2) is 38.3 Å². The Bertz CT molecular complexity index is 860. The van der Waals surface area contributed by atoms with Gasteiger partial charge < -0.3 is 10.6 Å². The van der Waals surface area contributed by atoms with Crippen LogP contribution in [0.2, 0.25) is 0 Å². The van der Waals surface area contributed by atoms with E-state index in [1.807, 2.05) is 36.4 Å². The summed E-state index contributed by atoms with van der Waals surface area (Å²) in [6, 6.07) is 11.6. The van der Waals surface area contributed by atoms with Crippen LogP contribution in [0.5, 0.6) is 0 Å². The van der Waals surface area contributed by atoms with E-state index in [0.717, 1.165) is 42.8 Å². The van der Waals surface area contributed by atoms with Crippen molar-refractivity contribution in [3.63, 3.8) is 0 Å². The predicted molar refractivity (Wildman–Crippen MR) is 90.5 cm³/mol. The topological polar surface area (TPSA) is 84.2 Å². The Kier molecular flexibility index (Phi) is 3.82. The van der Waals surface area contributed by atoms with Crippen molar-refractivity contribution in [2.24, 2.45) is 0 Å². The zero-order valence-corrected chi connectivity index (χ0v) is 13.1. The summed E-state index contributed by atoms with van der Waals surface area (Å²) in [5, 5.41) is 18.9. The minimum Gasteiger partial charge on any atom is -0.370 e. The highest BCUT2D eigenvalue weighted by atomic mass is 16.2. The van der Waals surface area contributed by atoms with Gasteiger partial charge in [0.15, 0.2) is 0 Å². The molecule has 0 spiro atoms. The molecule has 122 valence electrons. The van der Waals surface area contributed by atoms with E-state index >= 15 is 0 Å². The van der Waals surface area contributed by atoms with E-state index in [9.17, 15) is 4.79 Å². The van der Waals surface area contributed by atoms with Gasteiger partial charge in [0.2, 0.25) is 11.6 Å². The highest BCUT2D eigenvalue weighted by Crippen LogP contribution is 2.24. The smallest absolute Gasteiger partial charge is 0.242 e. The number of rotatable bonds is 3. The molecule has 2 N–H and O–H groups in total. The third-order valence-electron chi connectivity index (χ3n) is 4.20. The highest BCUT2D eigenvalue weighted by Gasteiger charge is 2.22. The van der Waals surface area contributed by atoms with Gasteiger partial charge in [-0.15, -0.1) is 10.2 Å². The summed E-state index contributed by atoms with van der Waals surface area (Å²) in [7, 11) is 0. The van der Waals surface area contributed by atoms with Crippen LogP contribution in [0.15, 0.2) is 42.7 Å². The Morgan fingerprint density at radius 2 is 2.08 bits per heavy atom. The van der Waals surface area contributed by atoms with Crippen molar-refractivity contribution in [2.45, 2.75) is 25.3 Å². The van der Waals surface area contributed by atoms with E-state index in [1.165, 1.54) is 0 Å². The Labute approximate surface area is 139 Å². The van der Waals surface area contributed by atoms with Gasteiger partial charge in [0.1, 0.15) is 12.4 Å². The molecular weight excluding hydrogens is 304 g/mol. The fourth-order valence-electron chi connectivity index (χ4n) is 2.95. The lowest BCUT2D eigenvalue weighted by Crippen LogP contribution is -2.38. The molecule has 1 aliphatic heterocycles. The molecular formula is C17H18N6O. The second-order valence-corrected chi connectivity index (χ2v) is 5.89. The molecule has 2 aromatic heterocycles. The maximum Gasteiger partial charge on any atom is 0.242 e. The number of nitrogens with one attached hydrogen (secondary N) is 2. The lowest BCUT2D eigenvalue weighted by molar-refractivity contribution is -0.121. The quantitative estimate of drug-likeness (QED) is 0.769. The molecule has 4 rings (SSSR count). The fourth-order valence-corrected chi connectivity index (χ4v) is 2.95. The Hall–Kier alpha value is -2.96. The first-order valence-electron chi connectivity index (χ1n) is 8.12. The van der Waals surface area contributed by atoms with Crippen LogP contribution in [0.25, 0.3) is 16.9 Å². The third-order valence-corrected chi connectivity index (χ3v) is 4.20. The molecule has 1 fully saturated rings. The fraction of sp³-hybridized carbons (Fsp3) is 0.294. The van der Waals surface area contributed by atoms with Gasteiger partial charge in [0.25, 0.3) is 0 Å². The van der Waals surface area contributed by atoms with Crippen LogP contribution in [0.3, 0.4) is 0 Å². The zero-order valence-electron chi connectivity index (χ0n) is 13.1. The van der Waals surface area contributed by atoms with Crippen LogP contribution in [-0.2, 0) is 4.79 Å². The van der Waals surface area contributed by atoms with Gasteiger partial charge >= 0.3 is 0 Å². The average Bonchev–Trinajstić information content (AvgIpc) is 3.01. The Morgan fingerprint density at radius 1 is 1.21 bits per heavy atom. The second kappa shape index (κ2) is 6.27. The SMILES string of the molecule is O=C1NCCCCC1Nc1cc(-c2ccccc2)nn2cnnc12. The number of anilines is 1. The molecule has 24 heavy (non-hydrogen) atoms. The molecule has 1 atom stereocenters. The molecule has 1 amide bonds. The predicted octanol–water partition coefficient (Wildman–Crippen LogP) is 1.87. The van der Waals surface area contributed by atoms with Crippen LogP contribution in [0, 0.1) is 0 Å². The second-order valence-electron chi connectivity index (χ2n) is 5.89. The molecule has 0 saturated carbocycles. The summed E-state index contributed by atoms with van der Waals surface area (Å²) in [6.45, 7) is 0.739. The van der Waals surface area contributed by atoms with Crippen LogP contribution < -0.4 is 10.6 Å². The van der Waals surface area contributed by atoms with Gasteiger partial charge in [-0.1, -0.05) is 30.3 Å². The first kappa shape index (κ1) is 14.6. The molecule has 1 aliphatic rings. The normalized spacial score (nSPS) is 18.2. The summed E-state index contributed by atoms with van der Waals surface area (Å²) in [5.74, 6) is 0.0308. The number of benzene rings is 1. The lowest BCUT2D eigenvalue weighted by atomic mass is 10.1. The first-order valence-corrected chi connectivity index (χ1v) is 8.12. The van der Waals surface area contributed by atoms with Gasteiger partial charge in [0, 0.05) is 12.1 Å². The van der Waals surface area contributed by atoms with Crippen LogP contribution >= 0.6 is 0 Å². The maximum absolute atomic E-state index is 12.2. The summed E-state index contributed by atoms with van der Waals surface area (Å²) in [4.78, 5) is 12.2. The number of hydrogen-bond donors (Lipinski definition) is 2. The summed E-state index contributed by atoms with van der Waals surface area (Å²) >= 11 is 0. The molecule has 1 unspecified atom stereocenters. The van der Waals surface area contributed by atoms with Gasteiger partial charge in [-0.05, 0) is 25.3 Å². The molecule has 1 aromatic carbocycles. The van der Waals surface area contributed by atoms with E-state index in [0.29, 0.717) is 5.65 Å². The van der Waals surface area contributed by atoms with E-state index in [-0.39, 0.29) is 11.9 Å². The van der Waals surface area contributed by atoms with Crippen LogP contribution in [0.1, 0.15) is 19.3 Å². The van der Waals surface area contributed by atoms with E-state index in [1.54, 1.807) is 10.8 Å². The standard InChI is InChI=1S/C17H18N6O/c24-17-13(8-4-5-9-18-17)20-15-10-14(12-6-2-1-3-7-12)22-23-11-19-21-16(15)23/h1-3,6-7,10-11,13,20H,4-5,8-9H2,(H,18,24). The summed E-state index contributed by atoms with van der Waals surface area (Å²) in [5.41, 5.74) is 3.19. The molecule has 7 heteroatoms. The van der Waals surface area contributed by atoms with Crippen molar-refractivity contribution in [1.82, 2.24) is 25.1 Å². The number of carbonyl (C=O) groups excluding carboxylic acids is 1. The molecule has 3 aromatic rings. The largest absolute Gasteiger partial charge is 0.370 e. The van der Waals surface area contributed by atoms with Crippen molar-refractivity contribution in [2.75, 3.05) is 11.9 Å². The van der Waals surface area contributed by atoms with E-state index in [2.05, 4.69) is 25.9 Å². The lowest BCUT2D eigenvalue weighted by Gasteiger charge is -2.17. The van der Waals surface area contributed by atoms with E-state index < -0.39 is 0 Å². The monoisotopic (exact) mass is 322 g/mol. The third kappa shape index (κ3) is 2.80. The van der Waals surface area contributed by atoms with Gasteiger partial charge in [-0.2, -0.15) is 9.61 Å². The van der Waals surface area contributed by atoms with E-state index in [4.69, 9.17) is 0 Å².